The first-order chi connectivity index (χ1) is 16.7. The Morgan fingerprint density at radius 2 is 1.85 bits per heavy atom. The van der Waals surface area contributed by atoms with Crippen molar-refractivity contribution in [3.63, 3.8) is 0 Å². The summed E-state index contributed by atoms with van der Waals surface area (Å²) in [5.74, 6) is 0.0944. The van der Waals surface area contributed by atoms with Crippen molar-refractivity contribution in [3.05, 3.63) is 88.7 Å². The second-order valence-corrected chi connectivity index (χ2v) is 9.89. The Morgan fingerprint density at radius 3 is 2.68 bits per heavy atom. The highest BCUT2D eigenvalue weighted by atomic mass is 32.1. The molecule has 34 heavy (non-hydrogen) atoms. The molecule has 172 valence electrons. The number of nitrogens with one attached hydrogen (secondary N) is 1. The smallest absolute Gasteiger partial charge is 0.239 e. The Balaban J connectivity index is 1.14. The van der Waals surface area contributed by atoms with E-state index in [1.54, 1.807) is 17.5 Å². The van der Waals surface area contributed by atoms with Gasteiger partial charge in [0.25, 0.3) is 0 Å². The topological polar surface area (TPSA) is 66.3 Å². The summed E-state index contributed by atoms with van der Waals surface area (Å²) in [5.41, 5.74) is 6.20. The number of carbonyl (C=O) groups excluding carboxylic acids is 1. The zero-order valence-corrected chi connectivity index (χ0v) is 19.7. The van der Waals surface area contributed by atoms with E-state index < -0.39 is 0 Å². The third-order valence-corrected chi connectivity index (χ3v) is 7.56. The molecule has 0 spiro atoms. The predicted octanol–water partition coefficient (Wildman–Crippen LogP) is 3.42. The molecule has 7 nitrogen and oxygen atoms in total. The van der Waals surface area contributed by atoms with Crippen LogP contribution in [0.15, 0.2) is 67.1 Å². The monoisotopic (exact) mass is 470 g/mol. The average molecular weight is 471 g/mol. The number of amides is 1. The number of thiazole rings is 1. The maximum Gasteiger partial charge on any atom is 0.239 e. The first-order valence-electron chi connectivity index (χ1n) is 11.6. The van der Waals surface area contributed by atoms with Crippen LogP contribution in [0.2, 0.25) is 0 Å². The van der Waals surface area contributed by atoms with Gasteiger partial charge in [0.15, 0.2) is 5.13 Å². The summed E-state index contributed by atoms with van der Waals surface area (Å²) in [5, 5.41) is 8.27. The van der Waals surface area contributed by atoms with Crippen LogP contribution in [0.1, 0.15) is 21.6 Å². The summed E-state index contributed by atoms with van der Waals surface area (Å²) in [7, 11) is 0. The SMILES string of the molecule is O=C1CN(c2ccc3c(c2)CN(c2ncc(Cc4ccc(-n5cccn5)cc4)s2)CC3)CCN1. The van der Waals surface area contributed by atoms with E-state index in [2.05, 4.69) is 62.7 Å². The molecule has 2 aliphatic rings. The van der Waals surface area contributed by atoms with Crippen LogP contribution in [-0.4, -0.2) is 46.9 Å². The summed E-state index contributed by atoms with van der Waals surface area (Å²) in [4.78, 5) is 22.4. The highest BCUT2D eigenvalue weighted by molar-refractivity contribution is 7.15. The van der Waals surface area contributed by atoms with Crippen LogP contribution < -0.4 is 15.1 Å². The number of hydrogen-bond acceptors (Lipinski definition) is 6. The van der Waals surface area contributed by atoms with E-state index in [1.807, 2.05) is 23.1 Å². The van der Waals surface area contributed by atoms with Crippen molar-refractivity contribution in [3.8, 4) is 5.69 Å². The Morgan fingerprint density at radius 1 is 0.971 bits per heavy atom. The van der Waals surface area contributed by atoms with Crippen molar-refractivity contribution in [1.82, 2.24) is 20.1 Å². The van der Waals surface area contributed by atoms with Gasteiger partial charge in [-0.2, -0.15) is 5.10 Å². The number of anilines is 2. The van der Waals surface area contributed by atoms with Crippen molar-refractivity contribution in [2.24, 2.45) is 0 Å². The largest absolute Gasteiger partial charge is 0.360 e. The lowest BCUT2D eigenvalue weighted by Gasteiger charge is -2.32. The van der Waals surface area contributed by atoms with E-state index in [0.717, 1.165) is 49.0 Å². The molecule has 4 heterocycles. The van der Waals surface area contributed by atoms with E-state index in [0.29, 0.717) is 13.1 Å². The van der Waals surface area contributed by atoms with Crippen LogP contribution in [0, 0.1) is 0 Å². The quantitative estimate of drug-likeness (QED) is 0.484. The molecule has 0 atom stereocenters. The molecule has 8 heteroatoms. The molecule has 1 amide bonds. The van der Waals surface area contributed by atoms with Gasteiger partial charge < -0.3 is 15.1 Å². The molecular formula is C26H26N6OS. The van der Waals surface area contributed by atoms with Crippen LogP contribution in [0.5, 0.6) is 0 Å². The van der Waals surface area contributed by atoms with Crippen molar-refractivity contribution in [2.75, 3.05) is 36.0 Å². The number of hydrogen-bond donors (Lipinski definition) is 1. The van der Waals surface area contributed by atoms with Crippen LogP contribution in [-0.2, 0) is 24.2 Å². The van der Waals surface area contributed by atoms with Crippen LogP contribution in [0.4, 0.5) is 10.8 Å². The minimum Gasteiger partial charge on any atom is -0.360 e. The predicted molar refractivity (Wildman–Crippen MR) is 135 cm³/mol. The first-order valence-corrected chi connectivity index (χ1v) is 12.4. The number of benzene rings is 2. The minimum absolute atomic E-state index is 0.0944. The number of fused-ring (bicyclic) bond motifs is 1. The summed E-state index contributed by atoms with van der Waals surface area (Å²) in [6.07, 6.45) is 7.65. The van der Waals surface area contributed by atoms with Crippen LogP contribution in [0.3, 0.4) is 0 Å². The standard InChI is InChI=1S/C26H26N6OS/c33-25-18-30(13-10-27-25)23-7-4-20-8-12-31(17-21(20)15-23)26-28-16-24(34-26)14-19-2-5-22(6-3-19)32-11-1-9-29-32/h1-7,9,11,15-16H,8,10,12-14,17-18H2,(H,27,33). The van der Waals surface area contributed by atoms with Gasteiger partial charge in [-0.3, -0.25) is 4.79 Å². The van der Waals surface area contributed by atoms with Crippen molar-refractivity contribution in [2.45, 2.75) is 19.4 Å². The zero-order valence-electron chi connectivity index (χ0n) is 18.9. The fourth-order valence-corrected chi connectivity index (χ4v) is 5.65. The molecule has 0 aliphatic carbocycles. The highest BCUT2D eigenvalue weighted by Gasteiger charge is 2.22. The lowest BCUT2D eigenvalue weighted by Crippen LogP contribution is -2.47. The number of aromatic nitrogens is 3. The van der Waals surface area contributed by atoms with Gasteiger partial charge in [0.05, 0.1) is 12.2 Å². The van der Waals surface area contributed by atoms with Gasteiger partial charge in [-0.1, -0.05) is 18.2 Å². The summed E-state index contributed by atoms with van der Waals surface area (Å²) < 4.78 is 1.87. The number of piperazine rings is 1. The molecule has 1 fully saturated rings. The minimum atomic E-state index is 0.0944. The summed E-state index contributed by atoms with van der Waals surface area (Å²) in [6, 6.07) is 17.1. The van der Waals surface area contributed by atoms with E-state index >= 15 is 0 Å². The van der Waals surface area contributed by atoms with Gasteiger partial charge in [0, 0.05) is 61.8 Å². The van der Waals surface area contributed by atoms with E-state index in [-0.39, 0.29) is 5.91 Å². The van der Waals surface area contributed by atoms with Gasteiger partial charge in [0.2, 0.25) is 5.91 Å². The summed E-state index contributed by atoms with van der Waals surface area (Å²) in [6.45, 7) is 3.82. The molecule has 2 aromatic heterocycles. The maximum atomic E-state index is 11.8. The summed E-state index contributed by atoms with van der Waals surface area (Å²) >= 11 is 1.78. The Kier molecular flexibility index (Phi) is 5.50. The van der Waals surface area contributed by atoms with Gasteiger partial charge >= 0.3 is 0 Å². The fourth-order valence-electron chi connectivity index (χ4n) is 4.68. The second kappa shape index (κ2) is 8.95. The zero-order chi connectivity index (χ0) is 22.9. The highest BCUT2D eigenvalue weighted by Crippen LogP contribution is 2.31. The Labute approximate surface area is 202 Å². The van der Waals surface area contributed by atoms with E-state index in [9.17, 15) is 4.79 Å². The normalized spacial score (nSPS) is 15.8. The number of rotatable bonds is 5. The average Bonchev–Trinajstić information content (AvgIpc) is 3.57. The molecule has 0 saturated carbocycles. The Hall–Kier alpha value is -3.65. The molecule has 2 aliphatic heterocycles. The van der Waals surface area contributed by atoms with Gasteiger partial charge in [-0.15, -0.1) is 11.3 Å². The molecule has 1 saturated heterocycles. The first kappa shape index (κ1) is 20.9. The molecule has 6 rings (SSSR count). The van der Waals surface area contributed by atoms with E-state index in [1.165, 1.54) is 21.6 Å². The molecule has 0 bridgehead atoms. The number of carbonyl (C=O) groups is 1. The fraction of sp³-hybridized carbons (Fsp3) is 0.269. The van der Waals surface area contributed by atoms with Crippen molar-refractivity contribution in [1.29, 1.82) is 0 Å². The second-order valence-electron chi connectivity index (χ2n) is 8.80. The molecule has 4 aromatic rings. The van der Waals surface area contributed by atoms with Crippen LogP contribution >= 0.6 is 11.3 Å². The Bertz CT molecular complexity index is 1300. The molecule has 1 N–H and O–H groups in total. The van der Waals surface area contributed by atoms with Crippen LogP contribution in [0.25, 0.3) is 5.69 Å². The lowest BCUT2D eigenvalue weighted by molar-refractivity contribution is -0.120. The van der Waals surface area contributed by atoms with Crippen molar-refractivity contribution >= 4 is 28.1 Å². The van der Waals surface area contributed by atoms with Gasteiger partial charge in [-0.05, 0) is 53.4 Å². The van der Waals surface area contributed by atoms with E-state index in [4.69, 9.17) is 4.98 Å². The lowest BCUT2D eigenvalue weighted by atomic mass is 9.99. The molecular weight excluding hydrogens is 444 g/mol. The third-order valence-electron chi connectivity index (χ3n) is 6.50. The van der Waals surface area contributed by atoms with Gasteiger partial charge in [0.1, 0.15) is 0 Å². The van der Waals surface area contributed by atoms with Gasteiger partial charge in [-0.25, -0.2) is 9.67 Å². The molecule has 2 aromatic carbocycles. The maximum absolute atomic E-state index is 11.8. The number of nitrogens with zero attached hydrogens (tertiary/aromatic N) is 5. The molecule has 0 radical (unpaired) electrons. The van der Waals surface area contributed by atoms with Crippen molar-refractivity contribution < 1.29 is 4.79 Å². The molecule has 0 unspecified atom stereocenters. The third kappa shape index (κ3) is 4.28.